The molecule has 0 fully saturated rings. The van der Waals surface area contributed by atoms with Gasteiger partial charge in [0.25, 0.3) is 5.91 Å². The summed E-state index contributed by atoms with van der Waals surface area (Å²) in [5, 5.41) is 3.13. The number of benzene rings is 2. The quantitative estimate of drug-likeness (QED) is 0.728. The smallest absolute Gasteiger partial charge is 0.259 e. The summed E-state index contributed by atoms with van der Waals surface area (Å²) in [6.07, 6.45) is 2.60. The molecule has 138 valence electrons. The highest BCUT2D eigenvalue weighted by molar-refractivity contribution is 7.92. The Hall–Kier alpha value is -2.51. The second-order valence-corrected chi connectivity index (χ2v) is 7.78. The first kappa shape index (κ1) is 19.8. The minimum absolute atomic E-state index is 0.123. The fourth-order valence-corrected chi connectivity index (χ4v) is 3.39. The molecule has 2 aromatic carbocycles. The van der Waals surface area contributed by atoms with Crippen molar-refractivity contribution >= 4 is 38.9 Å². The molecule has 0 spiro atoms. The van der Waals surface area contributed by atoms with Gasteiger partial charge in [-0.15, -0.1) is 6.58 Å². The van der Waals surface area contributed by atoms with Crippen molar-refractivity contribution < 1.29 is 17.9 Å². The van der Waals surface area contributed by atoms with Crippen molar-refractivity contribution in [1.82, 2.24) is 0 Å². The van der Waals surface area contributed by atoms with Gasteiger partial charge < -0.3 is 10.1 Å². The molecule has 0 saturated carbocycles. The Morgan fingerprint density at radius 3 is 2.65 bits per heavy atom. The van der Waals surface area contributed by atoms with E-state index >= 15 is 0 Å². The molecule has 1 N–H and O–H groups in total. The predicted molar refractivity (Wildman–Crippen MR) is 105 cm³/mol. The largest absolute Gasteiger partial charge is 0.496 e. The average molecular weight is 395 g/mol. The summed E-state index contributed by atoms with van der Waals surface area (Å²) < 4.78 is 30.3. The number of hydrogen-bond donors (Lipinski definition) is 1. The Morgan fingerprint density at radius 1 is 1.31 bits per heavy atom. The number of carbonyl (C=O) groups excluding carboxylic acids is 1. The zero-order chi connectivity index (χ0) is 19.3. The van der Waals surface area contributed by atoms with E-state index in [9.17, 15) is 13.2 Å². The van der Waals surface area contributed by atoms with Crippen LogP contribution in [-0.2, 0) is 10.0 Å². The third-order valence-corrected chi connectivity index (χ3v) is 4.89. The minimum Gasteiger partial charge on any atom is -0.496 e. The van der Waals surface area contributed by atoms with Crippen LogP contribution in [-0.4, -0.2) is 34.2 Å². The van der Waals surface area contributed by atoms with Gasteiger partial charge in [-0.3, -0.25) is 9.10 Å². The first-order valence-electron chi connectivity index (χ1n) is 7.60. The molecule has 26 heavy (non-hydrogen) atoms. The number of amides is 1. The van der Waals surface area contributed by atoms with Crippen molar-refractivity contribution in [2.75, 3.05) is 29.5 Å². The standard InChI is InChI=1S/C18H19ClN2O4S/c1-4-10-21(26(3,23)24)15-7-5-6-14(12-15)20-18(22)16-11-13(19)8-9-17(16)25-2/h4-9,11-12H,1,10H2,2-3H3,(H,20,22). The number of nitrogens with zero attached hydrogens (tertiary/aromatic N) is 1. The summed E-state index contributed by atoms with van der Waals surface area (Å²) in [7, 11) is -2.02. The lowest BCUT2D eigenvalue weighted by Crippen LogP contribution is -2.29. The maximum Gasteiger partial charge on any atom is 0.259 e. The van der Waals surface area contributed by atoms with Gasteiger partial charge in [0.2, 0.25) is 10.0 Å². The molecule has 6 nitrogen and oxygen atoms in total. The second kappa shape index (κ2) is 8.25. The molecule has 0 radical (unpaired) electrons. The van der Waals surface area contributed by atoms with E-state index in [1.54, 1.807) is 36.4 Å². The monoisotopic (exact) mass is 394 g/mol. The van der Waals surface area contributed by atoms with E-state index in [2.05, 4.69) is 11.9 Å². The number of anilines is 2. The lowest BCUT2D eigenvalue weighted by atomic mass is 10.1. The van der Waals surface area contributed by atoms with Gasteiger partial charge in [0, 0.05) is 10.7 Å². The average Bonchev–Trinajstić information content (AvgIpc) is 2.58. The number of halogens is 1. The van der Waals surface area contributed by atoms with E-state index in [1.165, 1.54) is 23.6 Å². The molecule has 0 unspecified atom stereocenters. The number of carbonyl (C=O) groups is 1. The van der Waals surface area contributed by atoms with Crippen LogP contribution < -0.4 is 14.4 Å². The van der Waals surface area contributed by atoms with Gasteiger partial charge in [-0.25, -0.2) is 8.42 Å². The van der Waals surface area contributed by atoms with E-state index in [4.69, 9.17) is 16.3 Å². The fraction of sp³-hybridized carbons (Fsp3) is 0.167. The van der Waals surface area contributed by atoms with Crippen molar-refractivity contribution in [3.8, 4) is 5.75 Å². The van der Waals surface area contributed by atoms with Crippen molar-refractivity contribution in [3.05, 3.63) is 65.7 Å². The molecule has 0 aliphatic heterocycles. The van der Waals surface area contributed by atoms with Gasteiger partial charge in [0.1, 0.15) is 5.75 Å². The summed E-state index contributed by atoms with van der Waals surface area (Å²) in [6.45, 7) is 3.70. The van der Waals surface area contributed by atoms with E-state index in [-0.39, 0.29) is 12.1 Å². The van der Waals surface area contributed by atoms with Crippen LogP contribution in [0.1, 0.15) is 10.4 Å². The Morgan fingerprint density at radius 2 is 2.04 bits per heavy atom. The highest BCUT2D eigenvalue weighted by atomic mass is 35.5. The Kier molecular flexibility index (Phi) is 6.28. The number of rotatable bonds is 7. The summed E-state index contributed by atoms with van der Waals surface area (Å²) >= 11 is 5.95. The molecular formula is C18H19ClN2O4S. The van der Waals surface area contributed by atoms with Gasteiger partial charge in [-0.05, 0) is 36.4 Å². The highest BCUT2D eigenvalue weighted by Gasteiger charge is 2.17. The SMILES string of the molecule is C=CCN(c1cccc(NC(=O)c2cc(Cl)ccc2OC)c1)S(C)(=O)=O. The summed E-state index contributed by atoms with van der Waals surface area (Å²) in [6, 6.07) is 11.2. The summed E-state index contributed by atoms with van der Waals surface area (Å²) in [5.41, 5.74) is 1.13. The van der Waals surface area contributed by atoms with Crippen molar-refractivity contribution in [3.63, 3.8) is 0 Å². The lowest BCUT2D eigenvalue weighted by molar-refractivity contribution is 0.102. The number of ether oxygens (including phenoxy) is 1. The molecule has 0 heterocycles. The second-order valence-electron chi connectivity index (χ2n) is 5.43. The molecule has 0 saturated heterocycles. The Labute approximate surface area is 158 Å². The first-order chi connectivity index (χ1) is 12.3. The number of nitrogens with one attached hydrogen (secondary N) is 1. The molecule has 8 heteroatoms. The third kappa shape index (κ3) is 4.77. The van der Waals surface area contributed by atoms with Gasteiger partial charge in [0.05, 0.1) is 31.2 Å². The Balaban J connectivity index is 2.33. The molecule has 0 atom stereocenters. The predicted octanol–water partition coefficient (Wildman–Crippen LogP) is 3.55. The van der Waals surface area contributed by atoms with Crippen LogP contribution in [0.15, 0.2) is 55.1 Å². The van der Waals surface area contributed by atoms with Crippen molar-refractivity contribution in [2.45, 2.75) is 0 Å². The molecule has 0 bridgehead atoms. The fourth-order valence-electron chi connectivity index (χ4n) is 2.34. The third-order valence-electron chi connectivity index (χ3n) is 3.49. The zero-order valence-electron chi connectivity index (χ0n) is 14.4. The molecule has 0 aromatic heterocycles. The highest BCUT2D eigenvalue weighted by Crippen LogP contribution is 2.26. The van der Waals surface area contributed by atoms with E-state index in [0.29, 0.717) is 22.1 Å². The minimum atomic E-state index is -3.48. The topological polar surface area (TPSA) is 75.7 Å². The van der Waals surface area contributed by atoms with E-state index in [1.807, 2.05) is 0 Å². The van der Waals surface area contributed by atoms with Gasteiger partial charge in [0.15, 0.2) is 0 Å². The maximum absolute atomic E-state index is 12.6. The molecule has 0 aliphatic carbocycles. The molecule has 2 rings (SSSR count). The van der Waals surface area contributed by atoms with Crippen LogP contribution in [0.2, 0.25) is 5.02 Å². The van der Waals surface area contributed by atoms with E-state index < -0.39 is 15.9 Å². The molecule has 2 aromatic rings. The normalized spacial score (nSPS) is 10.9. The van der Waals surface area contributed by atoms with Crippen LogP contribution in [0.5, 0.6) is 5.75 Å². The van der Waals surface area contributed by atoms with Crippen LogP contribution in [0.3, 0.4) is 0 Å². The van der Waals surface area contributed by atoms with Crippen LogP contribution >= 0.6 is 11.6 Å². The van der Waals surface area contributed by atoms with Crippen LogP contribution in [0.4, 0.5) is 11.4 Å². The van der Waals surface area contributed by atoms with Crippen molar-refractivity contribution in [2.24, 2.45) is 0 Å². The van der Waals surface area contributed by atoms with Crippen molar-refractivity contribution in [1.29, 1.82) is 0 Å². The Bertz CT molecular complexity index is 929. The van der Waals surface area contributed by atoms with Gasteiger partial charge in [-0.1, -0.05) is 23.7 Å². The number of sulfonamides is 1. The summed E-state index contributed by atoms with van der Waals surface area (Å²) in [4.78, 5) is 12.6. The van der Waals surface area contributed by atoms with Crippen LogP contribution in [0.25, 0.3) is 0 Å². The molecule has 1 amide bonds. The molecule has 0 aliphatic rings. The number of methoxy groups -OCH3 is 1. The summed E-state index contributed by atoms with van der Waals surface area (Å²) in [5.74, 6) is -0.0383. The van der Waals surface area contributed by atoms with E-state index in [0.717, 1.165) is 6.26 Å². The maximum atomic E-state index is 12.6. The lowest BCUT2D eigenvalue weighted by Gasteiger charge is -2.21. The number of hydrogen-bond acceptors (Lipinski definition) is 4. The van der Waals surface area contributed by atoms with Gasteiger partial charge in [-0.2, -0.15) is 0 Å². The van der Waals surface area contributed by atoms with Crippen LogP contribution in [0, 0.1) is 0 Å². The first-order valence-corrected chi connectivity index (χ1v) is 9.82. The van der Waals surface area contributed by atoms with Gasteiger partial charge >= 0.3 is 0 Å². The molecular weight excluding hydrogens is 376 g/mol. The zero-order valence-corrected chi connectivity index (χ0v) is 16.0.